The molecule has 1 aliphatic rings. The zero-order chi connectivity index (χ0) is 14.7. The van der Waals surface area contributed by atoms with E-state index in [4.69, 9.17) is 0 Å². The van der Waals surface area contributed by atoms with E-state index in [0.29, 0.717) is 11.6 Å². The standard InChI is InChI=1S/C17H18N2OS/c1-18-17(20)13-8-6-12(7-9-13)10-19-15-11-21-16-5-3-2-4-14(15)16/h2-9,15,19H,10-11H2,1H3,(H,18,20). The van der Waals surface area contributed by atoms with Crippen LogP contribution in [0.4, 0.5) is 0 Å². The van der Waals surface area contributed by atoms with Gasteiger partial charge in [0.05, 0.1) is 0 Å². The highest BCUT2D eigenvalue weighted by Crippen LogP contribution is 2.37. The maximum atomic E-state index is 11.5. The molecule has 2 aromatic carbocycles. The van der Waals surface area contributed by atoms with Gasteiger partial charge in [0.2, 0.25) is 0 Å². The van der Waals surface area contributed by atoms with E-state index in [2.05, 4.69) is 34.9 Å². The smallest absolute Gasteiger partial charge is 0.251 e. The maximum Gasteiger partial charge on any atom is 0.251 e. The van der Waals surface area contributed by atoms with E-state index in [0.717, 1.165) is 12.3 Å². The van der Waals surface area contributed by atoms with Gasteiger partial charge in [0.15, 0.2) is 0 Å². The Kier molecular flexibility index (Phi) is 4.27. The molecule has 2 N–H and O–H groups in total. The lowest BCUT2D eigenvalue weighted by Crippen LogP contribution is -2.21. The Bertz CT molecular complexity index is 639. The van der Waals surface area contributed by atoms with Crippen LogP contribution in [-0.2, 0) is 6.54 Å². The van der Waals surface area contributed by atoms with Gasteiger partial charge >= 0.3 is 0 Å². The van der Waals surface area contributed by atoms with Crippen molar-refractivity contribution in [3.8, 4) is 0 Å². The second kappa shape index (κ2) is 6.33. The summed E-state index contributed by atoms with van der Waals surface area (Å²) in [7, 11) is 1.65. The van der Waals surface area contributed by atoms with Crippen LogP contribution in [0.25, 0.3) is 0 Å². The van der Waals surface area contributed by atoms with E-state index in [1.54, 1.807) is 7.05 Å². The van der Waals surface area contributed by atoms with Crippen molar-refractivity contribution in [2.75, 3.05) is 12.8 Å². The van der Waals surface area contributed by atoms with Crippen molar-refractivity contribution in [3.05, 3.63) is 65.2 Å². The molecular formula is C17H18N2OS. The van der Waals surface area contributed by atoms with E-state index in [9.17, 15) is 4.79 Å². The molecule has 4 heteroatoms. The van der Waals surface area contributed by atoms with Gasteiger partial charge in [-0.15, -0.1) is 11.8 Å². The van der Waals surface area contributed by atoms with Crippen molar-refractivity contribution in [1.82, 2.24) is 10.6 Å². The van der Waals surface area contributed by atoms with Gasteiger partial charge in [0, 0.05) is 35.8 Å². The highest BCUT2D eigenvalue weighted by molar-refractivity contribution is 7.99. The van der Waals surface area contributed by atoms with Gasteiger partial charge < -0.3 is 10.6 Å². The molecule has 0 aliphatic carbocycles. The second-order valence-electron chi connectivity index (χ2n) is 5.06. The molecule has 2 aromatic rings. The Balaban J connectivity index is 1.62. The first kappa shape index (κ1) is 14.2. The van der Waals surface area contributed by atoms with Crippen LogP contribution in [-0.4, -0.2) is 18.7 Å². The average Bonchev–Trinajstić information content (AvgIpc) is 2.96. The molecular weight excluding hydrogens is 280 g/mol. The van der Waals surface area contributed by atoms with E-state index in [-0.39, 0.29) is 5.91 Å². The molecule has 1 atom stereocenters. The summed E-state index contributed by atoms with van der Waals surface area (Å²) in [6.07, 6.45) is 0. The molecule has 1 unspecified atom stereocenters. The van der Waals surface area contributed by atoms with Gasteiger partial charge in [0.25, 0.3) is 5.91 Å². The molecule has 3 nitrogen and oxygen atoms in total. The van der Waals surface area contributed by atoms with Crippen LogP contribution in [0, 0.1) is 0 Å². The number of carbonyl (C=O) groups is 1. The molecule has 1 aliphatic heterocycles. The lowest BCUT2D eigenvalue weighted by Gasteiger charge is -2.13. The fourth-order valence-corrected chi connectivity index (χ4v) is 3.69. The van der Waals surface area contributed by atoms with Gasteiger partial charge in [0.1, 0.15) is 0 Å². The first-order chi connectivity index (χ1) is 10.3. The quantitative estimate of drug-likeness (QED) is 0.912. The maximum absolute atomic E-state index is 11.5. The zero-order valence-corrected chi connectivity index (χ0v) is 12.7. The zero-order valence-electron chi connectivity index (χ0n) is 11.9. The topological polar surface area (TPSA) is 41.1 Å². The Morgan fingerprint density at radius 1 is 1.19 bits per heavy atom. The van der Waals surface area contributed by atoms with Crippen LogP contribution in [0.3, 0.4) is 0 Å². The van der Waals surface area contributed by atoms with Crippen LogP contribution in [0.15, 0.2) is 53.4 Å². The summed E-state index contributed by atoms with van der Waals surface area (Å²) in [6, 6.07) is 16.7. The largest absolute Gasteiger partial charge is 0.355 e. The molecule has 0 saturated heterocycles. The number of thioether (sulfide) groups is 1. The normalized spacial score (nSPS) is 16.5. The molecule has 1 heterocycles. The number of fused-ring (bicyclic) bond motifs is 1. The number of hydrogen-bond donors (Lipinski definition) is 2. The minimum Gasteiger partial charge on any atom is -0.355 e. The number of carbonyl (C=O) groups excluding carboxylic acids is 1. The number of nitrogens with one attached hydrogen (secondary N) is 2. The molecule has 0 saturated carbocycles. The third kappa shape index (κ3) is 3.12. The summed E-state index contributed by atoms with van der Waals surface area (Å²) in [5.74, 6) is 1.03. The highest BCUT2D eigenvalue weighted by atomic mass is 32.2. The van der Waals surface area contributed by atoms with E-state index >= 15 is 0 Å². The van der Waals surface area contributed by atoms with Crippen LogP contribution in [0.5, 0.6) is 0 Å². The first-order valence-electron chi connectivity index (χ1n) is 7.04. The van der Waals surface area contributed by atoms with Crippen molar-refractivity contribution in [2.24, 2.45) is 0 Å². The van der Waals surface area contributed by atoms with Crippen molar-refractivity contribution in [2.45, 2.75) is 17.5 Å². The number of hydrogen-bond acceptors (Lipinski definition) is 3. The third-order valence-electron chi connectivity index (χ3n) is 3.70. The molecule has 0 bridgehead atoms. The second-order valence-corrected chi connectivity index (χ2v) is 6.12. The van der Waals surface area contributed by atoms with Crippen molar-refractivity contribution < 1.29 is 4.79 Å². The molecule has 0 aromatic heterocycles. The predicted molar refractivity (Wildman–Crippen MR) is 86.6 cm³/mol. The third-order valence-corrected chi connectivity index (χ3v) is 4.88. The van der Waals surface area contributed by atoms with Gasteiger partial charge in [-0.3, -0.25) is 4.79 Å². The highest BCUT2D eigenvalue weighted by Gasteiger charge is 2.21. The first-order valence-corrected chi connectivity index (χ1v) is 8.02. The van der Waals surface area contributed by atoms with Crippen LogP contribution < -0.4 is 10.6 Å². The van der Waals surface area contributed by atoms with Crippen molar-refractivity contribution in [1.29, 1.82) is 0 Å². The summed E-state index contributed by atoms with van der Waals surface area (Å²) >= 11 is 1.91. The Morgan fingerprint density at radius 3 is 2.71 bits per heavy atom. The Hall–Kier alpha value is -1.78. The molecule has 0 spiro atoms. The number of benzene rings is 2. The summed E-state index contributed by atoms with van der Waals surface area (Å²) in [6.45, 7) is 0.813. The molecule has 0 radical (unpaired) electrons. The van der Waals surface area contributed by atoms with Crippen LogP contribution in [0.2, 0.25) is 0 Å². The van der Waals surface area contributed by atoms with Crippen molar-refractivity contribution >= 4 is 17.7 Å². The SMILES string of the molecule is CNC(=O)c1ccc(CNC2CSc3ccccc32)cc1. The number of amides is 1. The summed E-state index contributed by atoms with van der Waals surface area (Å²) in [5.41, 5.74) is 3.28. The Labute approximate surface area is 129 Å². The van der Waals surface area contributed by atoms with Gasteiger partial charge in [-0.2, -0.15) is 0 Å². The molecule has 1 amide bonds. The molecule has 3 rings (SSSR count). The molecule has 108 valence electrons. The number of rotatable bonds is 4. The average molecular weight is 298 g/mol. The Morgan fingerprint density at radius 2 is 1.95 bits per heavy atom. The lowest BCUT2D eigenvalue weighted by molar-refractivity contribution is 0.0963. The van der Waals surface area contributed by atoms with Crippen LogP contribution in [0.1, 0.15) is 27.5 Å². The fraction of sp³-hybridized carbons (Fsp3) is 0.235. The predicted octanol–water partition coefficient (Wildman–Crippen LogP) is 2.98. The fourth-order valence-electron chi connectivity index (χ4n) is 2.49. The van der Waals surface area contributed by atoms with Crippen molar-refractivity contribution in [3.63, 3.8) is 0 Å². The van der Waals surface area contributed by atoms with Gasteiger partial charge in [-0.25, -0.2) is 0 Å². The summed E-state index contributed by atoms with van der Waals surface area (Å²) < 4.78 is 0. The molecule has 0 fully saturated rings. The monoisotopic (exact) mass is 298 g/mol. The lowest BCUT2D eigenvalue weighted by atomic mass is 10.1. The minimum absolute atomic E-state index is 0.0457. The van der Waals surface area contributed by atoms with E-state index in [1.165, 1.54) is 16.0 Å². The summed E-state index contributed by atoms with van der Waals surface area (Å²) in [4.78, 5) is 12.9. The summed E-state index contributed by atoms with van der Waals surface area (Å²) in [5, 5.41) is 6.23. The van der Waals surface area contributed by atoms with Crippen LogP contribution >= 0.6 is 11.8 Å². The van der Waals surface area contributed by atoms with E-state index < -0.39 is 0 Å². The van der Waals surface area contributed by atoms with Gasteiger partial charge in [-0.1, -0.05) is 30.3 Å². The van der Waals surface area contributed by atoms with E-state index in [1.807, 2.05) is 36.0 Å². The minimum atomic E-state index is -0.0457. The van der Waals surface area contributed by atoms with Gasteiger partial charge in [-0.05, 0) is 29.3 Å². The molecule has 21 heavy (non-hydrogen) atoms.